The monoisotopic (exact) mass is 441 g/mol. The summed E-state index contributed by atoms with van der Waals surface area (Å²) in [5.74, 6) is -0.310. The highest BCUT2D eigenvalue weighted by Gasteiger charge is 2.17. The minimum atomic E-state index is -0.481. The lowest BCUT2D eigenvalue weighted by atomic mass is 10.1. The predicted molar refractivity (Wildman–Crippen MR) is 120 cm³/mol. The molecule has 3 rings (SSSR count). The van der Waals surface area contributed by atoms with Crippen molar-refractivity contribution in [1.82, 2.24) is 9.78 Å². The maximum absolute atomic E-state index is 12.6. The van der Waals surface area contributed by atoms with E-state index in [2.05, 4.69) is 10.4 Å². The summed E-state index contributed by atoms with van der Waals surface area (Å²) in [5, 5.41) is 7.75. The summed E-state index contributed by atoms with van der Waals surface area (Å²) in [6.07, 6.45) is 0. The van der Waals surface area contributed by atoms with Crippen molar-refractivity contribution in [3.8, 4) is 5.69 Å². The third-order valence-electron chi connectivity index (χ3n) is 4.38. The van der Waals surface area contributed by atoms with Crippen molar-refractivity contribution in [2.45, 2.75) is 31.0 Å². The smallest absolute Gasteiger partial charge is 0.271 e. The van der Waals surface area contributed by atoms with Gasteiger partial charge in [0.1, 0.15) is 5.03 Å². The van der Waals surface area contributed by atoms with Gasteiger partial charge in [-0.05, 0) is 56.7 Å². The number of aromatic nitrogens is 2. The average Bonchev–Trinajstić information content (AvgIpc) is 2.71. The first kappa shape index (κ1) is 21.8. The lowest BCUT2D eigenvalue weighted by Gasteiger charge is -2.13. The Morgan fingerprint density at radius 1 is 1.13 bits per heavy atom. The number of ketones is 1. The third-order valence-corrected chi connectivity index (χ3v) is 5.81. The summed E-state index contributed by atoms with van der Waals surface area (Å²) in [4.78, 5) is 36.3. The van der Waals surface area contributed by atoms with Crippen molar-refractivity contribution >= 4 is 40.7 Å². The number of thioether (sulfide) groups is 1. The minimum Gasteiger partial charge on any atom is -0.325 e. The van der Waals surface area contributed by atoms with Crippen LogP contribution >= 0.6 is 23.4 Å². The Morgan fingerprint density at radius 3 is 2.60 bits per heavy atom. The number of rotatable bonds is 6. The molecule has 0 saturated heterocycles. The van der Waals surface area contributed by atoms with E-state index in [-0.39, 0.29) is 17.2 Å². The first-order valence-corrected chi connectivity index (χ1v) is 10.5. The van der Waals surface area contributed by atoms with E-state index in [1.165, 1.54) is 29.4 Å². The van der Waals surface area contributed by atoms with Gasteiger partial charge in [-0.2, -0.15) is 9.78 Å². The fourth-order valence-corrected chi connectivity index (χ4v) is 3.63. The van der Waals surface area contributed by atoms with E-state index in [1.54, 1.807) is 49.4 Å². The van der Waals surface area contributed by atoms with Crippen LogP contribution in [-0.2, 0) is 4.79 Å². The second-order valence-electron chi connectivity index (χ2n) is 6.74. The third kappa shape index (κ3) is 5.17. The van der Waals surface area contributed by atoms with Gasteiger partial charge < -0.3 is 5.32 Å². The molecule has 154 valence electrons. The highest BCUT2D eigenvalue weighted by atomic mass is 35.5. The van der Waals surface area contributed by atoms with Gasteiger partial charge in [-0.15, -0.1) is 0 Å². The molecule has 0 aliphatic carbocycles. The first-order valence-electron chi connectivity index (χ1n) is 9.20. The molecule has 0 bridgehead atoms. The number of amides is 1. The molecule has 8 heteroatoms. The van der Waals surface area contributed by atoms with Crippen molar-refractivity contribution in [2.75, 3.05) is 5.32 Å². The maximum Gasteiger partial charge on any atom is 0.271 e. The molecule has 0 aliphatic rings. The largest absolute Gasteiger partial charge is 0.325 e. The molecule has 1 N–H and O–H groups in total. The molecule has 0 saturated carbocycles. The van der Waals surface area contributed by atoms with Gasteiger partial charge in [-0.3, -0.25) is 14.4 Å². The number of nitrogens with one attached hydrogen (secondary N) is 1. The van der Waals surface area contributed by atoms with Crippen LogP contribution in [0.5, 0.6) is 0 Å². The Bertz CT molecular complexity index is 1180. The number of benzene rings is 2. The molecule has 0 spiro atoms. The topological polar surface area (TPSA) is 81.1 Å². The standard InChI is InChI=1S/C22H20ClN3O3S/c1-13-7-8-18(12-19(13)23)26-21(28)10-9-20(25-26)30-15(3)22(29)24-17-6-4-5-16(11-17)14(2)27/h4-12,15H,1-3H3,(H,24,29)/t15-/m1/s1. The molecule has 0 fully saturated rings. The van der Waals surface area contributed by atoms with Crippen molar-refractivity contribution in [2.24, 2.45) is 0 Å². The minimum absolute atomic E-state index is 0.0730. The summed E-state index contributed by atoms with van der Waals surface area (Å²) < 4.78 is 1.26. The van der Waals surface area contributed by atoms with E-state index in [9.17, 15) is 14.4 Å². The lowest BCUT2D eigenvalue weighted by molar-refractivity contribution is -0.115. The molecule has 30 heavy (non-hydrogen) atoms. The van der Waals surface area contributed by atoms with Crippen LogP contribution in [0.4, 0.5) is 5.69 Å². The summed E-state index contributed by atoms with van der Waals surface area (Å²) in [7, 11) is 0. The van der Waals surface area contributed by atoms with Crippen LogP contribution in [0.1, 0.15) is 29.8 Å². The van der Waals surface area contributed by atoms with Crippen LogP contribution in [0.25, 0.3) is 5.69 Å². The quantitative estimate of drug-likeness (QED) is 0.449. The van der Waals surface area contributed by atoms with Crippen LogP contribution in [-0.4, -0.2) is 26.7 Å². The fourth-order valence-electron chi connectivity index (χ4n) is 2.65. The predicted octanol–water partition coefficient (Wildman–Crippen LogP) is 4.52. The van der Waals surface area contributed by atoms with Crippen LogP contribution in [0, 0.1) is 6.92 Å². The van der Waals surface area contributed by atoms with Gasteiger partial charge >= 0.3 is 0 Å². The van der Waals surface area contributed by atoms with Gasteiger partial charge in [-0.1, -0.05) is 41.6 Å². The second-order valence-corrected chi connectivity index (χ2v) is 8.51. The van der Waals surface area contributed by atoms with Gasteiger partial charge in [0.15, 0.2) is 5.78 Å². The normalized spacial score (nSPS) is 11.7. The lowest BCUT2D eigenvalue weighted by Crippen LogP contribution is -2.24. The molecule has 1 atom stereocenters. The number of hydrogen-bond acceptors (Lipinski definition) is 5. The average molecular weight is 442 g/mol. The Kier molecular flexibility index (Phi) is 6.74. The Hall–Kier alpha value is -2.90. The van der Waals surface area contributed by atoms with Crippen LogP contribution in [0.15, 0.2) is 64.4 Å². The molecule has 1 aromatic heterocycles. The molecule has 0 unspecified atom stereocenters. The molecule has 6 nitrogen and oxygen atoms in total. The van der Waals surface area contributed by atoms with Gasteiger partial charge in [0.25, 0.3) is 5.56 Å². The number of Topliss-reactive ketones (excluding diaryl/α,β-unsaturated/α-hetero) is 1. The van der Waals surface area contributed by atoms with E-state index in [4.69, 9.17) is 11.6 Å². The van der Waals surface area contributed by atoms with Crippen molar-refractivity contribution < 1.29 is 9.59 Å². The summed E-state index contributed by atoms with van der Waals surface area (Å²) in [6.45, 7) is 5.09. The van der Waals surface area contributed by atoms with Gasteiger partial charge in [-0.25, -0.2) is 0 Å². The van der Waals surface area contributed by atoms with Crippen molar-refractivity contribution in [1.29, 1.82) is 0 Å². The fraction of sp³-hybridized carbons (Fsp3) is 0.182. The Morgan fingerprint density at radius 2 is 1.90 bits per heavy atom. The van der Waals surface area contributed by atoms with Gasteiger partial charge in [0.2, 0.25) is 5.91 Å². The number of hydrogen-bond donors (Lipinski definition) is 1. The highest BCUT2D eigenvalue weighted by Crippen LogP contribution is 2.23. The number of carbonyl (C=O) groups is 2. The van der Waals surface area contributed by atoms with E-state index < -0.39 is 5.25 Å². The SMILES string of the molecule is CC(=O)c1cccc(NC(=O)[C@@H](C)Sc2ccc(=O)n(-c3ccc(C)c(Cl)c3)n2)c1. The van der Waals surface area contributed by atoms with Crippen molar-refractivity contribution in [3.05, 3.63) is 81.1 Å². The Labute approximate surface area is 183 Å². The number of anilines is 1. The molecule has 0 radical (unpaired) electrons. The molecule has 0 aliphatic heterocycles. The van der Waals surface area contributed by atoms with Crippen LogP contribution in [0.3, 0.4) is 0 Å². The maximum atomic E-state index is 12.6. The van der Waals surface area contributed by atoms with E-state index in [1.807, 2.05) is 13.0 Å². The molecule has 1 heterocycles. The Balaban J connectivity index is 1.76. The number of aryl methyl sites for hydroxylation is 1. The molecule has 2 aromatic carbocycles. The summed E-state index contributed by atoms with van der Waals surface area (Å²) in [6, 6.07) is 15.0. The van der Waals surface area contributed by atoms with E-state index in [0.29, 0.717) is 27.0 Å². The molecule has 3 aromatic rings. The zero-order chi connectivity index (χ0) is 21.8. The molecular weight excluding hydrogens is 422 g/mol. The van der Waals surface area contributed by atoms with E-state index >= 15 is 0 Å². The highest BCUT2D eigenvalue weighted by molar-refractivity contribution is 8.00. The zero-order valence-electron chi connectivity index (χ0n) is 16.7. The zero-order valence-corrected chi connectivity index (χ0v) is 18.3. The second kappa shape index (κ2) is 9.28. The summed E-state index contributed by atoms with van der Waals surface area (Å²) in [5.41, 5.74) is 2.23. The van der Waals surface area contributed by atoms with Gasteiger partial charge in [0.05, 0.1) is 10.9 Å². The van der Waals surface area contributed by atoms with Crippen LogP contribution in [0.2, 0.25) is 5.02 Å². The van der Waals surface area contributed by atoms with E-state index in [0.717, 1.165) is 5.56 Å². The molecular formula is C22H20ClN3O3S. The van der Waals surface area contributed by atoms with Gasteiger partial charge in [0, 0.05) is 22.3 Å². The number of halogens is 1. The van der Waals surface area contributed by atoms with Crippen molar-refractivity contribution in [3.63, 3.8) is 0 Å². The van der Waals surface area contributed by atoms with Crippen LogP contribution < -0.4 is 10.9 Å². The molecule has 1 amide bonds. The number of nitrogens with zero attached hydrogens (tertiary/aromatic N) is 2. The summed E-state index contributed by atoms with van der Waals surface area (Å²) >= 11 is 7.39. The number of carbonyl (C=O) groups excluding carboxylic acids is 2. The first-order chi connectivity index (χ1) is 14.2.